The number of β-amino-alcohol motifs (C(OH)–C–C–N with tert-alkyl or cyclic N) is 1. The Hall–Kier alpha value is -2.14. The number of aliphatic hydroxyl groups excluding tert-OH is 10. The summed E-state index contributed by atoms with van der Waals surface area (Å²) < 4.78 is 69.9. The van der Waals surface area contributed by atoms with Crippen LogP contribution in [0.3, 0.4) is 0 Å². The molecule has 4 fully saturated rings. The van der Waals surface area contributed by atoms with E-state index in [0.29, 0.717) is 103 Å². The maximum absolute atomic E-state index is 13.7. The van der Waals surface area contributed by atoms with Gasteiger partial charge in [-0.15, -0.1) is 0 Å². The van der Waals surface area contributed by atoms with Crippen molar-refractivity contribution in [3.63, 3.8) is 0 Å². The second-order valence-corrected chi connectivity index (χ2v) is 26.2. The zero-order valence-corrected chi connectivity index (χ0v) is 60.9. The van der Waals surface area contributed by atoms with Gasteiger partial charge in [0.25, 0.3) is 0 Å². The van der Waals surface area contributed by atoms with E-state index in [1.54, 1.807) is 13.8 Å². The standard InChI is InChI=1S/C57H102N5O23P2.3CH4O.Y/c1-37-52(72)54(74)46(33-63)83-56(37)79-27-17-13-21-48(68)59-26-16-12-19-44(60-49(69)22-14-18-28-80-57-38(2)53(73)55(75)47(34-64)84-57)45(67)20-9-6-7-10-23-50(70)61-31-42(66)29-40(61)35-81-86(76)85-43-30-41(36-82-87(5,77)78-4)62(32-43)51(71)24-11-8-15-25-58-39(3)65;3*1-2;/h37-38,40-44,46-47,52-57,63-64,66,72-75,86H,5-36H2,1-4H3,(H,58,65)(H,59,68)(H,60,69);3*2H,1H3;/q-1;;;;/t37?,38?,40?,41-,42+,43?,44-,46?,47?,52?,53?,54?,55?,56?,57?,87?;;;;/m0..../s1. The second-order valence-electron chi connectivity index (χ2n) is 23.3. The number of carbonyl (C=O) groups excluding carboxylic acids is 6. The third-order valence-corrected chi connectivity index (χ3v) is 18.3. The zero-order chi connectivity index (χ0) is 70.1. The molecule has 4 aliphatic heterocycles. The number of likely N-dealkylation sites (tertiary alicyclic amines) is 2. The fraction of sp³-hybridized carbons (Fsp3) is 0.883. The molecule has 0 bridgehead atoms. The average Bonchev–Trinajstić information content (AvgIpc) is 0.932. The van der Waals surface area contributed by atoms with Gasteiger partial charge in [0.1, 0.15) is 24.4 Å². The Bertz CT molecular complexity index is 2170. The minimum absolute atomic E-state index is 0. The number of Topliss-reactive ketones (excluding diaryl/α,β-unsaturated/α-hetero) is 1. The van der Waals surface area contributed by atoms with Gasteiger partial charge in [-0.05, 0) is 83.5 Å². The van der Waals surface area contributed by atoms with Crippen LogP contribution in [0.2, 0.25) is 0 Å². The first-order valence-corrected chi connectivity index (χ1v) is 35.3. The first-order valence-electron chi connectivity index (χ1n) is 32.4. The van der Waals surface area contributed by atoms with Crippen molar-refractivity contribution in [1.29, 1.82) is 0 Å². The second kappa shape index (κ2) is 52.8. The number of aliphatic hydroxyl groups is 10. The van der Waals surface area contributed by atoms with E-state index >= 15 is 0 Å². The van der Waals surface area contributed by atoms with Gasteiger partial charge in [0.15, 0.2) is 26.0 Å². The molecule has 4 heterocycles. The fourth-order valence-electron chi connectivity index (χ4n) is 11.0. The van der Waals surface area contributed by atoms with Crippen LogP contribution < -0.4 is 16.0 Å². The molecule has 5 amide bonds. The third kappa shape index (κ3) is 35.3. The van der Waals surface area contributed by atoms with Crippen molar-refractivity contribution in [1.82, 2.24) is 25.8 Å². The summed E-state index contributed by atoms with van der Waals surface area (Å²) in [5.41, 5.74) is 0. The van der Waals surface area contributed by atoms with Gasteiger partial charge in [0.2, 0.25) is 29.5 Å². The molecular weight excluding hydrogens is 1360 g/mol. The zero-order valence-electron chi connectivity index (χ0n) is 56.2. The monoisotopic (exact) mass is 1470 g/mol. The number of nitrogens with one attached hydrogen (secondary N) is 3. The van der Waals surface area contributed by atoms with E-state index in [-0.39, 0.29) is 152 Å². The van der Waals surface area contributed by atoms with Gasteiger partial charge in [-0.25, -0.2) is 6.66 Å². The largest absolute Gasteiger partial charge is 0.400 e. The van der Waals surface area contributed by atoms with E-state index in [1.165, 1.54) is 23.8 Å². The minimum atomic E-state index is -3.62. The summed E-state index contributed by atoms with van der Waals surface area (Å²) in [5, 5.41) is 99.8. The summed E-state index contributed by atoms with van der Waals surface area (Å²) in [7, 11) is -2.58. The first-order chi connectivity index (χ1) is 44.5. The molecule has 4 rings (SSSR count). The van der Waals surface area contributed by atoms with E-state index in [4.69, 9.17) is 52.4 Å². The summed E-state index contributed by atoms with van der Waals surface area (Å²) in [4.78, 5) is 80.5. The summed E-state index contributed by atoms with van der Waals surface area (Å²) in [6.07, 6.45) is -1.12. The van der Waals surface area contributed by atoms with Crippen LogP contribution in [0.4, 0.5) is 0 Å². The van der Waals surface area contributed by atoms with Crippen LogP contribution in [-0.4, -0.2) is 270 Å². The van der Waals surface area contributed by atoms with Gasteiger partial charge in [-0.3, -0.25) is 37.9 Å². The number of hydrogen-bond acceptors (Lipinski definition) is 26. The molecule has 4 saturated heterocycles. The Kier molecular flexibility index (Phi) is 51.6. The number of amides is 5. The molecule has 14 unspecified atom stereocenters. The van der Waals surface area contributed by atoms with E-state index in [9.17, 15) is 73.6 Å². The number of rotatable bonds is 43. The number of nitrogens with zero attached hydrogens (tertiary/aromatic N) is 2. The fourth-order valence-corrected chi connectivity index (χ4v) is 12.3. The van der Waals surface area contributed by atoms with Gasteiger partial charge in [-0.1, -0.05) is 33.1 Å². The molecule has 0 aromatic rings. The Morgan fingerprint density at radius 1 is 0.617 bits per heavy atom. The molecule has 13 N–H and O–H groups in total. The van der Waals surface area contributed by atoms with Crippen LogP contribution in [0.1, 0.15) is 156 Å². The van der Waals surface area contributed by atoms with Gasteiger partial charge >= 0.3 is 8.25 Å². The molecule has 31 nitrogen and oxygen atoms in total. The number of ether oxygens (including phenoxy) is 4. The van der Waals surface area contributed by atoms with Crippen molar-refractivity contribution in [3.8, 4) is 0 Å². The molecule has 549 valence electrons. The molecule has 94 heavy (non-hydrogen) atoms. The van der Waals surface area contributed by atoms with Crippen LogP contribution in [0.5, 0.6) is 0 Å². The number of hydrogen-bond donors (Lipinski definition) is 13. The SMILES string of the molecule is CO.CO.CO.[CH2-]P(=O)(OC)OC[C@@H]1CC(O[PH](=O)OCC2C[C@@H](O)CN2C(=O)CCCCCCC(=O)[C@H](CCCCNC(=O)CCCCOC2OC(CO)C(O)C(O)C2C)NC(=O)CCCCOC2OC(CO)C(O)C(O)C2C)CN1C(=O)CCCCCNC(C)=O.[Y]. The summed E-state index contributed by atoms with van der Waals surface area (Å²) >= 11 is 0. The molecule has 0 aromatic heterocycles. The molecular formula is C60H114N5O26P2Y-. The molecule has 4 aliphatic rings. The molecule has 1 radical (unpaired) electrons. The average molecular weight is 1470 g/mol. The molecule has 0 saturated carbocycles. The first kappa shape index (κ1) is 91.9. The molecule has 0 aromatic carbocycles. The Morgan fingerprint density at radius 2 is 1.09 bits per heavy atom. The number of ketones is 1. The number of carbonyl (C=O) groups is 6. The third-order valence-electron chi connectivity index (χ3n) is 16.3. The van der Waals surface area contributed by atoms with Crippen LogP contribution in [0.25, 0.3) is 0 Å². The van der Waals surface area contributed by atoms with Crippen molar-refractivity contribution in [2.75, 3.05) is 94.3 Å². The maximum atomic E-state index is 13.7. The predicted molar refractivity (Wildman–Crippen MR) is 339 cm³/mol. The topological polar surface area (TPSA) is 455 Å². The van der Waals surface area contributed by atoms with Gasteiger partial charge in [0.05, 0.1) is 69.0 Å². The molecule has 0 spiro atoms. The van der Waals surface area contributed by atoms with Crippen molar-refractivity contribution >= 4 is 51.2 Å². The summed E-state index contributed by atoms with van der Waals surface area (Å²) in [5.74, 6) is -2.28. The Labute approximate surface area is 580 Å². The van der Waals surface area contributed by atoms with E-state index in [1.807, 2.05) is 0 Å². The smallest absolute Gasteiger partial charge is 0.319 e. The van der Waals surface area contributed by atoms with Crippen LogP contribution in [0.15, 0.2) is 0 Å². The van der Waals surface area contributed by atoms with Gasteiger partial charge in [-0.2, -0.15) is 0 Å². The molecule has 34 heteroatoms. The van der Waals surface area contributed by atoms with Crippen molar-refractivity contribution in [2.45, 2.75) is 235 Å². The van der Waals surface area contributed by atoms with Crippen LogP contribution in [0, 0.1) is 18.5 Å². The van der Waals surface area contributed by atoms with E-state index in [2.05, 4.69) is 22.6 Å². The molecule has 0 aliphatic carbocycles. The Balaban J connectivity index is 0.0000120. The maximum Gasteiger partial charge on any atom is 0.319 e. The minimum Gasteiger partial charge on any atom is -0.400 e. The normalized spacial score (nSPS) is 26.9. The van der Waals surface area contributed by atoms with Gasteiger partial charge < -0.3 is 114 Å². The van der Waals surface area contributed by atoms with Gasteiger partial charge in [0, 0.05) is 151 Å². The predicted octanol–water partition coefficient (Wildman–Crippen LogP) is 0.713. The van der Waals surface area contributed by atoms with Crippen molar-refractivity contribution in [3.05, 3.63) is 6.66 Å². The Morgan fingerprint density at radius 3 is 1.61 bits per heavy atom. The van der Waals surface area contributed by atoms with Crippen molar-refractivity contribution < 1.29 is 159 Å². The summed E-state index contributed by atoms with van der Waals surface area (Å²) in [6, 6.07) is -1.92. The summed E-state index contributed by atoms with van der Waals surface area (Å²) in [6.45, 7) is 8.34. The number of unbranched alkanes of at least 4 members (excludes halogenated alkanes) is 8. The van der Waals surface area contributed by atoms with Crippen LogP contribution >= 0.6 is 15.9 Å². The quantitative estimate of drug-likeness (QED) is 0.0227. The van der Waals surface area contributed by atoms with Crippen LogP contribution in [-0.2, 0) is 108 Å². The molecule has 17 atom stereocenters. The van der Waals surface area contributed by atoms with E-state index in [0.717, 1.165) is 21.3 Å². The van der Waals surface area contributed by atoms with E-state index < -0.39 is 120 Å². The van der Waals surface area contributed by atoms with Crippen molar-refractivity contribution in [2.24, 2.45) is 11.8 Å².